The largest absolute Gasteiger partial charge is 0.320 e. The highest BCUT2D eigenvalue weighted by Crippen LogP contribution is 2.33. The minimum Gasteiger partial charge on any atom is -0.320 e. The molecule has 0 unspecified atom stereocenters. The second kappa shape index (κ2) is 8.85. The molecule has 0 aliphatic carbocycles. The molecular weight excluding hydrogens is 367 g/mol. The van der Waals surface area contributed by atoms with Crippen LogP contribution in [0.4, 0.5) is 0 Å². The Labute approximate surface area is 139 Å². The van der Waals surface area contributed by atoms with Gasteiger partial charge >= 0.3 is 0 Å². The fourth-order valence-corrected chi connectivity index (χ4v) is 4.30. The van der Waals surface area contributed by atoms with Gasteiger partial charge in [0.15, 0.2) is 0 Å². The predicted octanol–water partition coefficient (Wildman–Crippen LogP) is 4.41. The quantitative estimate of drug-likeness (QED) is 0.804. The van der Waals surface area contributed by atoms with Crippen molar-refractivity contribution in [2.45, 2.75) is 25.8 Å². The summed E-state index contributed by atoms with van der Waals surface area (Å²) in [6.07, 6.45) is 3.99. The van der Waals surface area contributed by atoms with Crippen molar-refractivity contribution in [3.63, 3.8) is 0 Å². The summed E-state index contributed by atoms with van der Waals surface area (Å²) in [6, 6.07) is 2.15. The lowest BCUT2D eigenvalue weighted by Gasteiger charge is -2.31. The fraction of sp³-hybridized carbons (Fsp3) is 0.692. The van der Waals surface area contributed by atoms with Crippen molar-refractivity contribution in [3.8, 4) is 0 Å². The Balaban J connectivity index is 0.00000180. The van der Waals surface area contributed by atoms with Crippen LogP contribution in [0.5, 0.6) is 0 Å². The van der Waals surface area contributed by atoms with Gasteiger partial charge in [0.25, 0.3) is 0 Å². The van der Waals surface area contributed by atoms with E-state index in [1.807, 2.05) is 7.05 Å². The molecule has 0 bridgehead atoms. The van der Waals surface area contributed by atoms with Crippen LogP contribution in [0.1, 0.15) is 24.1 Å². The van der Waals surface area contributed by atoms with Crippen LogP contribution in [-0.2, 0) is 6.54 Å². The number of nitrogens with one attached hydrogen (secondary N) is 1. The van der Waals surface area contributed by atoms with Crippen LogP contribution in [0, 0.1) is 5.92 Å². The molecule has 0 atom stereocenters. The maximum absolute atomic E-state index is 6.07. The summed E-state index contributed by atoms with van der Waals surface area (Å²) >= 11 is 11.2. The average Bonchev–Trinajstić information content (AvgIpc) is 2.67. The van der Waals surface area contributed by atoms with Gasteiger partial charge in [-0.2, -0.15) is 0 Å². The minimum atomic E-state index is 0. The number of piperidine rings is 1. The summed E-state index contributed by atoms with van der Waals surface area (Å²) in [5.41, 5.74) is 0. The molecule has 110 valence electrons. The Bertz CT molecular complexity index is 359. The third kappa shape index (κ3) is 5.52. The van der Waals surface area contributed by atoms with Crippen LogP contribution in [0.3, 0.4) is 0 Å². The Kier molecular flexibility index (Phi) is 8.26. The lowest BCUT2D eigenvalue weighted by atomic mass is 9.93. The van der Waals surface area contributed by atoms with Crippen molar-refractivity contribution in [2.24, 2.45) is 5.92 Å². The lowest BCUT2D eigenvalue weighted by Crippen LogP contribution is -2.33. The van der Waals surface area contributed by atoms with Gasteiger partial charge in [-0.3, -0.25) is 4.90 Å². The van der Waals surface area contributed by atoms with Crippen molar-refractivity contribution in [1.82, 2.24) is 10.2 Å². The highest BCUT2D eigenvalue weighted by molar-refractivity contribution is 9.10. The summed E-state index contributed by atoms with van der Waals surface area (Å²) < 4.78 is 1.90. The van der Waals surface area contributed by atoms with Gasteiger partial charge in [-0.15, -0.1) is 23.7 Å². The Hall–Kier alpha value is 0.680. The number of halogens is 3. The SMILES string of the molecule is CNCCC1CCN(Cc2cc(Br)c(Cl)s2)CC1.Cl. The molecule has 1 aromatic heterocycles. The summed E-state index contributed by atoms with van der Waals surface area (Å²) in [6.45, 7) is 4.65. The maximum atomic E-state index is 6.07. The summed E-state index contributed by atoms with van der Waals surface area (Å²) in [4.78, 5) is 3.91. The zero-order valence-corrected chi connectivity index (χ0v) is 15.1. The first kappa shape index (κ1) is 17.7. The smallest absolute Gasteiger partial charge is 0.107 e. The van der Waals surface area contributed by atoms with E-state index in [-0.39, 0.29) is 12.4 Å². The Morgan fingerprint density at radius 1 is 1.47 bits per heavy atom. The molecule has 1 N–H and O–H groups in total. The summed E-state index contributed by atoms with van der Waals surface area (Å²) in [5.74, 6) is 0.910. The van der Waals surface area contributed by atoms with Crippen molar-refractivity contribution >= 4 is 51.3 Å². The van der Waals surface area contributed by atoms with E-state index >= 15 is 0 Å². The van der Waals surface area contributed by atoms with Gasteiger partial charge in [0.1, 0.15) is 4.34 Å². The van der Waals surface area contributed by atoms with Gasteiger partial charge in [-0.05, 0) is 73.9 Å². The topological polar surface area (TPSA) is 15.3 Å². The third-order valence-electron chi connectivity index (χ3n) is 3.59. The summed E-state index contributed by atoms with van der Waals surface area (Å²) in [7, 11) is 2.04. The number of rotatable bonds is 5. The molecule has 0 aromatic carbocycles. The van der Waals surface area contributed by atoms with Crippen molar-refractivity contribution in [2.75, 3.05) is 26.7 Å². The molecule has 2 rings (SSSR count). The zero-order valence-electron chi connectivity index (χ0n) is 11.1. The molecule has 2 heterocycles. The third-order valence-corrected chi connectivity index (χ3v) is 6.04. The van der Waals surface area contributed by atoms with Crippen LogP contribution in [0.15, 0.2) is 10.5 Å². The maximum Gasteiger partial charge on any atom is 0.107 e. The Morgan fingerprint density at radius 3 is 2.68 bits per heavy atom. The monoisotopic (exact) mass is 386 g/mol. The molecule has 1 aliphatic rings. The van der Waals surface area contributed by atoms with E-state index in [2.05, 4.69) is 32.2 Å². The molecule has 6 heteroatoms. The van der Waals surface area contributed by atoms with Gasteiger partial charge < -0.3 is 5.32 Å². The number of likely N-dealkylation sites (tertiary alicyclic amines) is 1. The van der Waals surface area contributed by atoms with Gasteiger partial charge in [0, 0.05) is 15.9 Å². The molecule has 1 fully saturated rings. The predicted molar refractivity (Wildman–Crippen MR) is 90.8 cm³/mol. The van der Waals surface area contributed by atoms with Crippen molar-refractivity contribution in [1.29, 1.82) is 0 Å². The highest BCUT2D eigenvalue weighted by atomic mass is 79.9. The molecule has 0 saturated carbocycles. The van der Waals surface area contributed by atoms with Gasteiger partial charge in [-0.1, -0.05) is 11.6 Å². The minimum absolute atomic E-state index is 0. The van der Waals surface area contributed by atoms with Crippen LogP contribution in [0.25, 0.3) is 0 Å². The average molecular weight is 388 g/mol. The number of hydrogen-bond acceptors (Lipinski definition) is 3. The van der Waals surface area contributed by atoms with Gasteiger partial charge in [-0.25, -0.2) is 0 Å². The molecule has 0 spiro atoms. The lowest BCUT2D eigenvalue weighted by molar-refractivity contribution is 0.173. The fourth-order valence-electron chi connectivity index (χ4n) is 2.47. The second-order valence-electron chi connectivity index (χ2n) is 4.95. The van der Waals surface area contributed by atoms with Crippen LogP contribution in [-0.4, -0.2) is 31.6 Å². The van der Waals surface area contributed by atoms with Crippen LogP contribution in [0.2, 0.25) is 4.34 Å². The van der Waals surface area contributed by atoms with Crippen molar-refractivity contribution in [3.05, 3.63) is 19.8 Å². The first-order chi connectivity index (χ1) is 8.69. The van der Waals surface area contributed by atoms with E-state index < -0.39 is 0 Å². The van der Waals surface area contributed by atoms with Crippen LogP contribution >= 0.6 is 51.3 Å². The summed E-state index contributed by atoms with van der Waals surface area (Å²) in [5, 5.41) is 3.24. The highest BCUT2D eigenvalue weighted by Gasteiger charge is 2.19. The first-order valence-corrected chi connectivity index (χ1v) is 8.48. The number of nitrogens with zero attached hydrogens (tertiary/aromatic N) is 1. The standard InChI is InChI=1S/C13H20BrClN2S.ClH/c1-16-5-2-10-3-6-17(7-4-10)9-11-8-12(14)13(15)18-11;/h8,10,16H,2-7,9H2,1H3;1H. The van der Waals surface area contributed by atoms with Gasteiger partial charge in [0.05, 0.1) is 0 Å². The second-order valence-corrected chi connectivity index (χ2v) is 7.54. The molecule has 0 amide bonds. The Morgan fingerprint density at radius 2 is 2.16 bits per heavy atom. The number of hydrogen-bond donors (Lipinski definition) is 1. The molecule has 0 radical (unpaired) electrons. The van der Waals surface area contributed by atoms with E-state index in [4.69, 9.17) is 11.6 Å². The van der Waals surface area contributed by atoms with Crippen molar-refractivity contribution < 1.29 is 0 Å². The van der Waals surface area contributed by atoms with E-state index in [0.717, 1.165) is 27.8 Å². The normalized spacial score (nSPS) is 17.4. The van der Waals surface area contributed by atoms with E-state index in [1.165, 1.54) is 37.2 Å². The molecule has 19 heavy (non-hydrogen) atoms. The molecule has 2 nitrogen and oxygen atoms in total. The first-order valence-electron chi connectivity index (χ1n) is 6.49. The molecule has 1 aliphatic heterocycles. The van der Waals surface area contributed by atoms with Crippen LogP contribution < -0.4 is 5.32 Å². The molecule has 1 aromatic rings. The van der Waals surface area contributed by atoms with E-state index in [9.17, 15) is 0 Å². The molecular formula is C13H21BrCl2N2S. The zero-order chi connectivity index (χ0) is 13.0. The van der Waals surface area contributed by atoms with E-state index in [1.54, 1.807) is 11.3 Å². The number of thiophene rings is 1. The van der Waals surface area contributed by atoms with Gasteiger partial charge in [0.2, 0.25) is 0 Å². The molecule has 1 saturated heterocycles. The van der Waals surface area contributed by atoms with E-state index in [0.29, 0.717) is 0 Å².